The lowest BCUT2D eigenvalue weighted by molar-refractivity contribution is -0.384. The maximum atomic E-state index is 11.7. The molecule has 7 heteroatoms. The Balaban J connectivity index is 2.60. The Hall–Kier alpha value is -1.60. The molecule has 1 unspecified atom stereocenters. The predicted molar refractivity (Wildman–Crippen MR) is 61.0 cm³/mol. The van der Waals surface area contributed by atoms with E-state index in [4.69, 9.17) is 0 Å². The molecule has 0 fully saturated rings. The van der Waals surface area contributed by atoms with Gasteiger partial charge in [-0.05, 0) is 23.3 Å². The van der Waals surface area contributed by atoms with E-state index in [1.807, 2.05) is 0 Å². The molecule has 0 aliphatic heterocycles. The minimum absolute atomic E-state index is 0.0557. The van der Waals surface area contributed by atoms with Crippen molar-refractivity contribution in [2.24, 2.45) is 0 Å². The summed E-state index contributed by atoms with van der Waals surface area (Å²) in [6, 6.07) is 5.41. The van der Waals surface area contributed by atoms with E-state index in [1.165, 1.54) is 31.4 Å². The van der Waals surface area contributed by atoms with Crippen molar-refractivity contribution < 1.29 is 19.0 Å². The number of carbonyl (C=O) groups is 1. The molecule has 0 bridgehead atoms. The van der Waals surface area contributed by atoms with Crippen LogP contribution in [0.15, 0.2) is 29.2 Å². The SMILES string of the molecule is COC(=O)CC[S+]([O-])c1ccc([N+](=O)[O-])cc1. The van der Waals surface area contributed by atoms with Crippen LogP contribution in [0.25, 0.3) is 0 Å². The van der Waals surface area contributed by atoms with Crippen LogP contribution in [-0.4, -0.2) is 28.3 Å². The number of non-ortho nitro benzene ring substituents is 1. The lowest BCUT2D eigenvalue weighted by atomic mass is 10.3. The van der Waals surface area contributed by atoms with Crippen LogP contribution >= 0.6 is 0 Å². The van der Waals surface area contributed by atoms with Crippen molar-refractivity contribution in [3.8, 4) is 0 Å². The van der Waals surface area contributed by atoms with Crippen molar-refractivity contribution in [3.05, 3.63) is 34.4 Å². The van der Waals surface area contributed by atoms with Gasteiger partial charge in [0.05, 0.1) is 18.5 Å². The van der Waals surface area contributed by atoms with Gasteiger partial charge in [0.25, 0.3) is 5.69 Å². The Morgan fingerprint density at radius 1 is 1.41 bits per heavy atom. The number of hydrogen-bond donors (Lipinski definition) is 0. The van der Waals surface area contributed by atoms with Crippen LogP contribution in [0.3, 0.4) is 0 Å². The highest BCUT2D eigenvalue weighted by Crippen LogP contribution is 2.17. The highest BCUT2D eigenvalue weighted by molar-refractivity contribution is 7.91. The first-order valence-electron chi connectivity index (χ1n) is 4.74. The van der Waals surface area contributed by atoms with Crippen LogP contribution < -0.4 is 0 Å². The molecule has 6 nitrogen and oxygen atoms in total. The first-order valence-corrected chi connectivity index (χ1v) is 6.06. The van der Waals surface area contributed by atoms with Gasteiger partial charge in [0.15, 0.2) is 4.90 Å². The lowest BCUT2D eigenvalue weighted by Crippen LogP contribution is -2.12. The molecule has 17 heavy (non-hydrogen) atoms. The fourth-order valence-corrected chi connectivity index (χ4v) is 2.14. The number of rotatable bonds is 5. The molecule has 0 aromatic heterocycles. The second-order valence-electron chi connectivity index (χ2n) is 3.13. The van der Waals surface area contributed by atoms with Crippen LogP contribution in [-0.2, 0) is 20.7 Å². The number of nitro benzene ring substituents is 1. The van der Waals surface area contributed by atoms with Gasteiger partial charge in [-0.25, -0.2) is 0 Å². The van der Waals surface area contributed by atoms with E-state index < -0.39 is 22.1 Å². The van der Waals surface area contributed by atoms with Crippen molar-refractivity contribution in [1.29, 1.82) is 0 Å². The van der Waals surface area contributed by atoms with E-state index in [1.54, 1.807) is 0 Å². The molecular weight excluding hydrogens is 246 g/mol. The molecule has 0 aliphatic rings. The third-order valence-electron chi connectivity index (χ3n) is 2.03. The van der Waals surface area contributed by atoms with Gasteiger partial charge >= 0.3 is 5.97 Å². The summed E-state index contributed by atoms with van der Waals surface area (Å²) in [5.41, 5.74) is -0.0567. The zero-order valence-electron chi connectivity index (χ0n) is 9.12. The maximum Gasteiger partial charge on any atom is 0.310 e. The molecule has 1 rings (SSSR count). The fraction of sp³-hybridized carbons (Fsp3) is 0.300. The van der Waals surface area contributed by atoms with Gasteiger partial charge in [-0.3, -0.25) is 14.9 Å². The number of methoxy groups -OCH3 is 1. The van der Waals surface area contributed by atoms with Crippen molar-refractivity contribution in [1.82, 2.24) is 0 Å². The van der Waals surface area contributed by atoms with Gasteiger partial charge in [-0.2, -0.15) is 0 Å². The standard InChI is InChI=1S/C10H11NO5S/c1-16-10(12)6-7-17(15)9-4-2-8(3-5-9)11(13)14/h2-5H,6-7H2,1H3. The molecule has 0 saturated carbocycles. The van der Waals surface area contributed by atoms with Gasteiger partial charge in [0.1, 0.15) is 5.75 Å². The quantitative estimate of drug-likeness (QED) is 0.342. The average molecular weight is 257 g/mol. The van der Waals surface area contributed by atoms with Crippen molar-refractivity contribution in [2.45, 2.75) is 11.3 Å². The number of nitrogens with zero attached hydrogens (tertiary/aromatic N) is 1. The minimum Gasteiger partial charge on any atom is -0.611 e. The zero-order chi connectivity index (χ0) is 12.8. The number of esters is 1. The largest absolute Gasteiger partial charge is 0.611 e. The molecule has 0 aliphatic carbocycles. The molecular formula is C10H11NO5S. The number of hydrogen-bond acceptors (Lipinski definition) is 5. The summed E-state index contributed by atoms with van der Waals surface area (Å²) in [7, 11) is 1.26. The third-order valence-corrected chi connectivity index (χ3v) is 3.40. The third kappa shape index (κ3) is 4.04. The topological polar surface area (TPSA) is 92.5 Å². The summed E-state index contributed by atoms with van der Waals surface area (Å²) in [5.74, 6) is -0.287. The molecule has 0 amide bonds. The summed E-state index contributed by atoms with van der Waals surface area (Å²) in [4.78, 5) is 21.2. The monoisotopic (exact) mass is 257 g/mol. The maximum absolute atomic E-state index is 11.7. The molecule has 0 N–H and O–H groups in total. The van der Waals surface area contributed by atoms with Crippen LogP contribution in [0.2, 0.25) is 0 Å². The van der Waals surface area contributed by atoms with E-state index in [0.717, 1.165) is 0 Å². The van der Waals surface area contributed by atoms with Crippen molar-refractivity contribution in [3.63, 3.8) is 0 Å². The normalized spacial score (nSPS) is 11.9. The fourth-order valence-electron chi connectivity index (χ4n) is 1.12. The zero-order valence-corrected chi connectivity index (χ0v) is 9.94. The van der Waals surface area contributed by atoms with Gasteiger partial charge in [0, 0.05) is 12.1 Å². The van der Waals surface area contributed by atoms with Gasteiger partial charge in [-0.1, -0.05) is 0 Å². The highest BCUT2D eigenvalue weighted by Gasteiger charge is 2.15. The Bertz CT molecular complexity index is 406. The van der Waals surface area contributed by atoms with Crippen LogP contribution in [0.5, 0.6) is 0 Å². The Kier molecular flexibility index (Phi) is 4.92. The first-order chi connectivity index (χ1) is 8.04. The van der Waals surface area contributed by atoms with Crippen molar-refractivity contribution >= 4 is 22.8 Å². The number of ether oxygens (including phenoxy) is 1. The van der Waals surface area contributed by atoms with Crippen LogP contribution in [0.4, 0.5) is 5.69 Å². The molecule has 0 spiro atoms. The molecule has 0 heterocycles. The Labute approximate surface area is 101 Å². The van der Waals surface area contributed by atoms with Gasteiger partial charge in [0.2, 0.25) is 0 Å². The second-order valence-corrected chi connectivity index (χ2v) is 4.70. The molecule has 0 saturated heterocycles. The number of nitro groups is 1. The summed E-state index contributed by atoms with van der Waals surface area (Å²) in [5, 5.41) is 10.4. The van der Waals surface area contributed by atoms with Crippen molar-refractivity contribution in [2.75, 3.05) is 12.9 Å². The van der Waals surface area contributed by atoms with Crippen LogP contribution in [0.1, 0.15) is 6.42 Å². The molecule has 92 valence electrons. The van der Waals surface area contributed by atoms with E-state index in [2.05, 4.69) is 4.74 Å². The lowest BCUT2D eigenvalue weighted by Gasteiger charge is -2.09. The summed E-state index contributed by atoms with van der Waals surface area (Å²) in [6.07, 6.45) is 0.0557. The highest BCUT2D eigenvalue weighted by atomic mass is 32.2. The smallest absolute Gasteiger partial charge is 0.310 e. The number of carbonyl (C=O) groups excluding carboxylic acids is 1. The van der Waals surface area contributed by atoms with E-state index in [9.17, 15) is 19.5 Å². The van der Waals surface area contributed by atoms with E-state index >= 15 is 0 Å². The molecule has 0 radical (unpaired) electrons. The predicted octanol–water partition coefficient (Wildman–Crippen LogP) is 1.27. The first kappa shape index (κ1) is 13.5. The van der Waals surface area contributed by atoms with E-state index in [0.29, 0.717) is 4.90 Å². The van der Waals surface area contributed by atoms with Gasteiger partial charge in [-0.15, -0.1) is 0 Å². The summed E-state index contributed by atoms with van der Waals surface area (Å²) >= 11 is -1.35. The number of benzene rings is 1. The average Bonchev–Trinajstić information content (AvgIpc) is 2.35. The minimum atomic E-state index is -1.35. The Morgan fingerprint density at radius 3 is 2.47 bits per heavy atom. The molecule has 1 aromatic carbocycles. The molecule has 1 atom stereocenters. The summed E-state index contributed by atoms with van der Waals surface area (Å²) < 4.78 is 16.1. The second kappa shape index (κ2) is 6.21. The summed E-state index contributed by atoms with van der Waals surface area (Å²) in [6.45, 7) is 0. The van der Waals surface area contributed by atoms with Gasteiger partial charge < -0.3 is 9.29 Å². The van der Waals surface area contributed by atoms with E-state index in [-0.39, 0.29) is 17.9 Å². The molecule has 1 aromatic rings. The van der Waals surface area contributed by atoms with Crippen LogP contribution in [0, 0.1) is 10.1 Å². The Morgan fingerprint density at radius 2 is 2.00 bits per heavy atom.